The Bertz CT molecular complexity index is 2250. The van der Waals surface area contributed by atoms with Crippen LogP contribution in [0.2, 0.25) is 0 Å². The van der Waals surface area contributed by atoms with Crippen molar-refractivity contribution in [3.8, 4) is 11.1 Å². The standard InChI is InChI=1S/C36H44N8O9S2/c1-2-52-21-22-53-20-4-16-42-54(48,49)30-10-5-26(6-11-30)27-7-12-31(13-8-27)55(50,51)43-32(35(46)47)25-40-34(45)28-9-14-33-29(23-28)24-41-44(33)19-3-15-37-36-38-17-18-39-36/h5-14,17-18,23-24,32,42H,2-4,15-16,19-22,25H2,1H3,(H,40,45)(H,46,47)(H2,37,38,39)(H,43,50,51). The van der Waals surface area contributed by atoms with Gasteiger partial charge in [0.05, 0.1) is 41.3 Å². The van der Waals surface area contributed by atoms with Crippen LogP contribution in [0.5, 0.6) is 0 Å². The number of hydrogen-bond donors (Lipinski definition) is 6. The number of ether oxygens (including phenoxy) is 2. The van der Waals surface area contributed by atoms with Crippen molar-refractivity contribution < 1.29 is 41.3 Å². The van der Waals surface area contributed by atoms with E-state index in [1.165, 1.54) is 24.3 Å². The first kappa shape index (κ1) is 41.0. The first-order chi connectivity index (χ1) is 26.5. The van der Waals surface area contributed by atoms with Gasteiger partial charge in [-0.3, -0.25) is 14.0 Å². The van der Waals surface area contributed by atoms with Crippen molar-refractivity contribution in [2.45, 2.75) is 42.1 Å². The molecule has 0 bridgehead atoms. The maximum atomic E-state index is 13.2. The van der Waals surface area contributed by atoms with Crippen molar-refractivity contribution in [3.05, 3.63) is 90.9 Å². The molecule has 17 nitrogen and oxygen atoms in total. The number of hydrogen-bond acceptors (Lipinski definition) is 11. The molecule has 0 radical (unpaired) electrons. The molecule has 294 valence electrons. The number of aryl methyl sites for hydroxylation is 1. The van der Waals surface area contributed by atoms with E-state index < -0.39 is 44.5 Å². The van der Waals surface area contributed by atoms with E-state index in [4.69, 9.17) is 9.47 Å². The minimum Gasteiger partial charge on any atom is -0.480 e. The van der Waals surface area contributed by atoms with Crippen LogP contribution in [0.25, 0.3) is 22.0 Å². The number of carbonyl (C=O) groups is 2. The van der Waals surface area contributed by atoms with Crippen LogP contribution in [0.3, 0.4) is 0 Å². The molecule has 0 spiro atoms. The van der Waals surface area contributed by atoms with Crippen LogP contribution in [0.4, 0.5) is 5.95 Å². The normalized spacial score (nSPS) is 13.3. The fraction of sp³-hybridized carbons (Fsp3) is 0.333. The zero-order chi connectivity index (χ0) is 39.3. The third-order valence-corrected chi connectivity index (χ3v) is 11.1. The van der Waals surface area contributed by atoms with Crippen molar-refractivity contribution in [2.75, 3.05) is 51.4 Å². The number of benzene rings is 3. The average molecular weight is 797 g/mol. The van der Waals surface area contributed by atoms with E-state index in [1.807, 2.05) is 11.6 Å². The van der Waals surface area contributed by atoms with Gasteiger partial charge in [-0.25, -0.2) is 27.1 Å². The number of H-pyrrole nitrogens is 1. The Morgan fingerprint density at radius 1 is 0.927 bits per heavy atom. The Morgan fingerprint density at radius 3 is 2.31 bits per heavy atom. The lowest BCUT2D eigenvalue weighted by atomic mass is 10.1. The molecule has 3 aromatic carbocycles. The van der Waals surface area contributed by atoms with Crippen molar-refractivity contribution in [1.82, 2.24) is 29.8 Å². The molecule has 0 aliphatic carbocycles. The summed E-state index contributed by atoms with van der Waals surface area (Å²) in [5.74, 6) is -1.39. The number of sulfonamides is 1. The van der Waals surface area contributed by atoms with Gasteiger partial charge < -0.3 is 30.2 Å². The van der Waals surface area contributed by atoms with Gasteiger partial charge in [-0.15, -0.1) is 0 Å². The summed E-state index contributed by atoms with van der Waals surface area (Å²) in [5.41, 5.74) is 2.34. The fourth-order valence-electron chi connectivity index (χ4n) is 5.38. The third-order valence-electron chi connectivity index (χ3n) is 8.25. The predicted octanol–water partition coefficient (Wildman–Crippen LogP) is 3.83. The highest BCUT2D eigenvalue weighted by atomic mass is 32.2. The smallest absolute Gasteiger partial charge is 0.331 e. The molecule has 6 N–H and O–H groups in total. The summed E-state index contributed by atoms with van der Waals surface area (Å²) in [6.07, 6.45) is 6.29. The molecule has 5 aromatic rings. The lowest BCUT2D eigenvalue weighted by molar-refractivity contribution is -0.138. The molecular formula is C36H44N8O9S2. The number of aliphatic carboxylic acids is 1. The van der Waals surface area contributed by atoms with Crippen LogP contribution in [-0.2, 0) is 40.8 Å². The van der Waals surface area contributed by atoms with Crippen LogP contribution < -0.4 is 15.4 Å². The van der Waals surface area contributed by atoms with E-state index in [9.17, 15) is 31.9 Å². The molecule has 2 aromatic heterocycles. The van der Waals surface area contributed by atoms with Crippen molar-refractivity contribution >= 4 is 48.8 Å². The zero-order valence-corrected chi connectivity index (χ0v) is 31.7. The summed E-state index contributed by atoms with van der Waals surface area (Å²) in [4.78, 5) is 32.0. The van der Waals surface area contributed by atoms with Crippen LogP contribution >= 0.6 is 0 Å². The molecule has 1 amide bonds. The van der Waals surface area contributed by atoms with Gasteiger partial charge in [0.2, 0.25) is 10.0 Å². The maximum Gasteiger partial charge on any atom is 0.331 e. The SMILES string of the molecule is CCOCCOCCCNS(=O)(=O)c1ccc(-c2ccc(S(=O)(O)=NC(CNC(=O)c3ccc4c(cnn4CCCNc4ncc[nH]4)c3)C(=O)O)cc2)cc1. The van der Waals surface area contributed by atoms with Gasteiger partial charge in [-0.2, -0.15) is 9.46 Å². The second-order valence-corrected chi connectivity index (χ2v) is 15.6. The summed E-state index contributed by atoms with van der Waals surface area (Å²) in [5, 5.41) is 20.6. The van der Waals surface area contributed by atoms with Gasteiger partial charge in [-0.05, 0) is 73.4 Å². The van der Waals surface area contributed by atoms with Crippen LogP contribution in [0, 0.1) is 0 Å². The fourth-order valence-corrected chi connectivity index (χ4v) is 7.57. The van der Waals surface area contributed by atoms with Gasteiger partial charge in [0, 0.05) is 56.2 Å². The summed E-state index contributed by atoms with van der Waals surface area (Å²) in [6.45, 7) is 4.80. The minimum atomic E-state index is -4.19. The van der Waals surface area contributed by atoms with Crippen LogP contribution in [-0.4, -0.2) is 106 Å². The first-order valence-corrected chi connectivity index (χ1v) is 20.5. The summed E-state index contributed by atoms with van der Waals surface area (Å²) in [7, 11) is -7.93. The molecule has 2 atom stereocenters. The lowest BCUT2D eigenvalue weighted by Gasteiger charge is -2.12. The Morgan fingerprint density at radius 2 is 1.64 bits per heavy atom. The third kappa shape index (κ3) is 11.7. The molecule has 5 rings (SSSR count). The number of carbonyl (C=O) groups excluding carboxylic acids is 1. The Kier molecular flexibility index (Phi) is 14.5. The molecule has 19 heteroatoms. The quantitative estimate of drug-likeness (QED) is 0.0548. The van der Waals surface area contributed by atoms with Gasteiger partial charge in [-0.1, -0.05) is 24.3 Å². The highest BCUT2D eigenvalue weighted by Crippen LogP contribution is 2.24. The van der Waals surface area contributed by atoms with Crippen molar-refractivity contribution in [3.63, 3.8) is 0 Å². The molecule has 2 unspecified atom stereocenters. The number of amides is 1. The average Bonchev–Trinajstić information content (AvgIpc) is 3.86. The highest BCUT2D eigenvalue weighted by molar-refractivity contribution is 7.89. The van der Waals surface area contributed by atoms with Gasteiger partial charge in [0.15, 0.2) is 22.0 Å². The van der Waals surface area contributed by atoms with Crippen molar-refractivity contribution in [1.29, 1.82) is 0 Å². The molecule has 0 aliphatic heterocycles. The number of carboxylic acids is 1. The van der Waals surface area contributed by atoms with E-state index in [0.717, 1.165) is 11.9 Å². The summed E-state index contributed by atoms with van der Waals surface area (Å²) < 4.78 is 68.0. The summed E-state index contributed by atoms with van der Waals surface area (Å²) >= 11 is 0. The number of carboxylic acid groups (broad SMARTS) is 1. The van der Waals surface area contributed by atoms with Crippen LogP contribution in [0.1, 0.15) is 30.1 Å². The molecule has 0 fully saturated rings. The Balaban J connectivity index is 1.14. The number of nitrogens with one attached hydrogen (secondary N) is 4. The predicted molar refractivity (Wildman–Crippen MR) is 206 cm³/mol. The van der Waals surface area contributed by atoms with E-state index >= 15 is 0 Å². The number of anilines is 1. The zero-order valence-electron chi connectivity index (χ0n) is 30.1. The number of aromatic nitrogens is 4. The number of imidazole rings is 1. The first-order valence-electron chi connectivity index (χ1n) is 17.5. The topological polar surface area (TPSA) is 239 Å². The number of nitrogens with zero attached hydrogens (tertiary/aromatic N) is 4. The molecular weight excluding hydrogens is 753 g/mol. The minimum absolute atomic E-state index is 0.0763. The lowest BCUT2D eigenvalue weighted by Crippen LogP contribution is -2.36. The molecule has 0 saturated carbocycles. The second-order valence-electron chi connectivity index (χ2n) is 12.1. The Labute approximate surface area is 318 Å². The molecule has 55 heavy (non-hydrogen) atoms. The highest BCUT2D eigenvalue weighted by Gasteiger charge is 2.22. The number of aromatic amines is 1. The largest absolute Gasteiger partial charge is 0.480 e. The van der Waals surface area contributed by atoms with E-state index in [2.05, 4.69) is 34.8 Å². The number of rotatable bonds is 22. The molecule has 0 aliphatic rings. The monoisotopic (exact) mass is 796 g/mol. The Hall–Kier alpha value is -5.18. The van der Waals surface area contributed by atoms with E-state index in [0.29, 0.717) is 68.4 Å². The maximum absolute atomic E-state index is 13.2. The number of fused-ring (bicyclic) bond motifs is 1. The van der Waals surface area contributed by atoms with E-state index in [-0.39, 0.29) is 21.9 Å². The van der Waals surface area contributed by atoms with Crippen molar-refractivity contribution in [2.24, 2.45) is 4.36 Å². The van der Waals surface area contributed by atoms with Gasteiger partial charge in [0.25, 0.3) is 5.91 Å². The molecule has 0 saturated heterocycles. The van der Waals surface area contributed by atoms with E-state index in [1.54, 1.807) is 61.1 Å². The van der Waals surface area contributed by atoms with Gasteiger partial charge in [0.1, 0.15) is 0 Å². The second kappa shape index (κ2) is 19.4. The van der Waals surface area contributed by atoms with Gasteiger partial charge >= 0.3 is 5.97 Å². The van der Waals surface area contributed by atoms with Crippen LogP contribution in [0.15, 0.2) is 99.5 Å². The molecule has 2 heterocycles. The summed E-state index contributed by atoms with van der Waals surface area (Å²) in [6, 6.07) is 15.1.